The largest absolute Gasteiger partial charge is 0.341 e. The smallest absolute Gasteiger partial charge is 0.247 e. The Hall–Kier alpha value is -1.85. The van der Waals surface area contributed by atoms with Crippen molar-refractivity contribution in [3.63, 3.8) is 0 Å². The van der Waals surface area contributed by atoms with Gasteiger partial charge in [0.25, 0.3) is 0 Å². The summed E-state index contributed by atoms with van der Waals surface area (Å²) in [5.74, 6) is 0.00742. The molecule has 0 aromatic carbocycles. The number of hydrogen-bond acceptors (Lipinski definition) is 3. The zero-order valence-corrected chi connectivity index (χ0v) is 9.37. The highest BCUT2D eigenvalue weighted by molar-refractivity contribution is 5.97. The van der Waals surface area contributed by atoms with Crippen LogP contribution >= 0.6 is 0 Å². The predicted octanol–water partition coefficient (Wildman–Crippen LogP) is -0.628. The molecular weight excluding hydrogens is 220 g/mol. The molecule has 0 aliphatic carbocycles. The van der Waals surface area contributed by atoms with Crippen LogP contribution in [0.5, 0.6) is 0 Å². The Morgan fingerprint density at radius 3 is 3.12 bits per heavy atom. The fourth-order valence-electron chi connectivity index (χ4n) is 2.56. The molecule has 2 aliphatic rings. The lowest BCUT2D eigenvalue weighted by Crippen LogP contribution is -2.62. The Morgan fingerprint density at radius 2 is 2.35 bits per heavy atom. The van der Waals surface area contributed by atoms with E-state index in [4.69, 9.17) is 0 Å². The van der Waals surface area contributed by atoms with Gasteiger partial charge in [0.1, 0.15) is 12.1 Å². The average molecular weight is 234 g/mol. The van der Waals surface area contributed by atoms with E-state index in [1.807, 2.05) is 0 Å². The number of nitrogens with one attached hydrogen (secondary N) is 1. The molecule has 0 unspecified atom stereocenters. The van der Waals surface area contributed by atoms with Crippen LogP contribution in [0.1, 0.15) is 12.8 Å². The van der Waals surface area contributed by atoms with Gasteiger partial charge in [0.05, 0.1) is 12.9 Å². The molecule has 17 heavy (non-hydrogen) atoms. The third kappa shape index (κ3) is 1.69. The predicted molar refractivity (Wildman–Crippen MR) is 58.9 cm³/mol. The Morgan fingerprint density at radius 1 is 1.47 bits per heavy atom. The SMILES string of the molecule is O=C1N[C@@H](Cn2ccnc2)C(=O)N2CCC[C@@H]12. The first-order chi connectivity index (χ1) is 8.25. The molecule has 3 rings (SSSR count). The quantitative estimate of drug-likeness (QED) is 0.741. The topological polar surface area (TPSA) is 67.2 Å². The Kier molecular flexibility index (Phi) is 2.35. The fraction of sp³-hybridized carbons (Fsp3) is 0.545. The molecule has 3 heterocycles. The van der Waals surface area contributed by atoms with Crippen LogP contribution in [0.4, 0.5) is 0 Å². The van der Waals surface area contributed by atoms with Crippen LogP contribution in [0.3, 0.4) is 0 Å². The van der Waals surface area contributed by atoms with Gasteiger partial charge in [0.2, 0.25) is 11.8 Å². The summed E-state index contributed by atoms with van der Waals surface area (Å²) in [7, 11) is 0. The van der Waals surface area contributed by atoms with Crippen molar-refractivity contribution < 1.29 is 9.59 Å². The van der Waals surface area contributed by atoms with Gasteiger partial charge in [-0.05, 0) is 12.8 Å². The van der Waals surface area contributed by atoms with Crippen molar-refractivity contribution in [2.45, 2.75) is 31.5 Å². The molecule has 0 spiro atoms. The van der Waals surface area contributed by atoms with Gasteiger partial charge in [0, 0.05) is 18.9 Å². The number of carbonyl (C=O) groups is 2. The molecule has 2 saturated heterocycles. The summed E-state index contributed by atoms with van der Waals surface area (Å²) < 4.78 is 1.80. The number of aromatic nitrogens is 2. The van der Waals surface area contributed by atoms with E-state index in [1.165, 1.54) is 0 Å². The zero-order valence-electron chi connectivity index (χ0n) is 9.37. The Bertz CT molecular complexity index is 442. The number of rotatable bonds is 2. The Labute approximate surface area is 98.6 Å². The summed E-state index contributed by atoms with van der Waals surface area (Å²) in [6.07, 6.45) is 6.80. The molecule has 1 aromatic rings. The number of imidazole rings is 1. The molecule has 0 bridgehead atoms. The van der Waals surface area contributed by atoms with Gasteiger partial charge in [-0.3, -0.25) is 9.59 Å². The highest BCUT2D eigenvalue weighted by Gasteiger charge is 2.42. The lowest BCUT2D eigenvalue weighted by molar-refractivity contribution is -0.147. The van der Waals surface area contributed by atoms with Gasteiger partial charge in [-0.2, -0.15) is 0 Å². The number of fused-ring (bicyclic) bond motifs is 1. The van der Waals surface area contributed by atoms with Gasteiger partial charge >= 0.3 is 0 Å². The minimum atomic E-state index is -0.453. The molecule has 6 heteroatoms. The summed E-state index contributed by atoms with van der Waals surface area (Å²) in [4.78, 5) is 29.6. The maximum absolute atomic E-state index is 12.2. The van der Waals surface area contributed by atoms with E-state index in [0.29, 0.717) is 13.1 Å². The van der Waals surface area contributed by atoms with Crippen LogP contribution in [0, 0.1) is 0 Å². The molecule has 2 amide bonds. The molecule has 6 nitrogen and oxygen atoms in total. The van der Waals surface area contributed by atoms with Gasteiger partial charge in [-0.1, -0.05) is 0 Å². The molecule has 0 saturated carbocycles. The molecular formula is C11H14N4O2. The van der Waals surface area contributed by atoms with E-state index in [1.54, 1.807) is 28.2 Å². The second-order valence-corrected chi connectivity index (χ2v) is 4.51. The van der Waals surface area contributed by atoms with E-state index < -0.39 is 6.04 Å². The Balaban J connectivity index is 1.77. The lowest BCUT2D eigenvalue weighted by atomic mass is 10.1. The first-order valence-corrected chi connectivity index (χ1v) is 5.82. The molecule has 2 atom stereocenters. The number of piperazine rings is 1. The maximum Gasteiger partial charge on any atom is 0.247 e. The summed E-state index contributed by atoms with van der Waals surface area (Å²) in [5.41, 5.74) is 0. The molecule has 1 N–H and O–H groups in total. The molecule has 1 aromatic heterocycles. The van der Waals surface area contributed by atoms with Gasteiger partial charge in [-0.15, -0.1) is 0 Å². The summed E-state index contributed by atoms with van der Waals surface area (Å²) in [5, 5.41) is 2.80. The average Bonchev–Trinajstić information content (AvgIpc) is 2.96. The van der Waals surface area contributed by atoms with Gasteiger partial charge in [-0.25, -0.2) is 4.98 Å². The molecule has 90 valence electrons. The van der Waals surface area contributed by atoms with Crippen molar-refractivity contribution >= 4 is 11.8 Å². The van der Waals surface area contributed by atoms with E-state index in [9.17, 15) is 9.59 Å². The van der Waals surface area contributed by atoms with Crippen LogP contribution in [0.2, 0.25) is 0 Å². The van der Waals surface area contributed by atoms with Gasteiger partial charge < -0.3 is 14.8 Å². The van der Waals surface area contributed by atoms with Crippen molar-refractivity contribution in [2.24, 2.45) is 0 Å². The van der Waals surface area contributed by atoms with E-state index >= 15 is 0 Å². The normalized spacial score (nSPS) is 28.1. The number of amides is 2. The van der Waals surface area contributed by atoms with Crippen molar-refractivity contribution in [2.75, 3.05) is 6.54 Å². The molecule has 2 aliphatic heterocycles. The first kappa shape index (κ1) is 10.3. The number of carbonyl (C=O) groups excluding carboxylic acids is 2. The fourth-order valence-corrected chi connectivity index (χ4v) is 2.56. The van der Waals surface area contributed by atoms with Crippen molar-refractivity contribution in [3.05, 3.63) is 18.7 Å². The third-order valence-electron chi connectivity index (χ3n) is 3.41. The van der Waals surface area contributed by atoms with E-state index in [-0.39, 0.29) is 17.9 Å². The summed E-state index contributed by atoms with van der Waals surface area (Å²) in [6.45, 7) is 1.16. The lowest BCUT2D eigenvalue weighted by Gasteiger charge is -2.34. The summed E-state index contributed by atoms with van der Waals surface area (Å²) in [6, 6.07) is -0.687. The van der Waals surface area contributed by atoms with Crippen molar-refractivity contribution in [3.8, 4) is 0 Å². The summed E-state index contributed by atoms with van der Waals surface area (Å²) >= 11 is 0. The van der Waals surface area contributed by atoms with Crippen LogP contribution in [0.25, 0.3) is 0 Å². The molecule has 2 fully saturated rings. The van der Waals surface area contributed by atoms with Crippen LogP contribution in [-0.2, 0) is 16.1 Å². The first-order valence-electron chi connectivity index (χ1n) is 5.82. The number of nitrogens with zero attached hydrogens (tertiary/aromatic N) is 3. The van der Waals surface area contributed by atoms with Crippen molar-refractivity contribution in [1.29, 1.82) is 0 Å². The highest BCUT2D eigenvalue weighted by atomic mass is 16.2. The van der Waals surface area contributed by atoms with Crippen molar-refractivity contribution in [1.82, 2.24) is 19.8 Å². The minimum absolute atomic E-state index is 0.0211. The number of hydrogen-bond donors (Lipinski definition) is 1. The minimum Gasteiger partial charge on any atom is -0.341 e. The van der Waals surface area contributed by atoms with Gasteiger partial charge in [0.15, 0.2) is 0 Å². The third-order valence-corrected chi connectivity index (χ3v) is 3.41. The second-order valence-electron chi connectivity index (χ2n) is 4.51. The standard InChI is InChI=1S/C11H14N4O2/c16-10-9-2-1-4-15(9)11(17)8(13-10)6-14-5-3-12-7-14/h3,5,7-9H,1-2,4,6H2,(H,13,16)/t8-,9-/m0/s1. The van der Waals surface area contributed by atoms with Crippen LogP contribution in [0.15, 0.2) is 18.7 Å². The van der Waals surface area contributed by atoms with Crippen LogP contribution < -0.4 is 5.32 Å². The highest BCUT2D eigenvalue weighted by Crippen LogP contribution is 2.22. The maximum atomic E-state index is 12.2. The van der Waals surface area contributed by atoms with Crippen LogP contribution in [-0.4, -0.2) is 44.9 Å². The zero-order chi connectivity index (χ0) is 11.8. The van der Waals surface area contributed by atoms with E-state index in [2.05, 4.69) is 10.3 Å². The van der Waals surface area contributed by atoms with E-state index in [0.717, 1.165) is 12.8 Å². The monoisotopic (exact) mass is 234 g/mol. The molecule has 0 radical (unpaired) electrons. The second kappa shape index (κ2) is 3.87.